The Morgan fingerprint density at radius 1 is 1.22 bits per heavy atom. The number of carbonyl (C=O) groups is 2. The van der Waals surface area contributed by atoms with Crippen molar-refractivity contribution in [3.63, 3.8) is 0 Å². The van der Waals surface area contributed by atoms with Gasteiger partial charge in [-0.1, -0.05) is 0 Å². The Morgan fingerprint density at radius 2 is 1.91 bits per heavy atom. The van der Waals surface area contributed by atoms with E-state index in [-0.39, 0.29) is 6.54 Å². The summed E-state index contributed by atoms with van der Waals surface area (Å²) in [6.07, 6.45) is -0.510. The number of benzene rings is 1. The number of esters is 1. The summed E-state index contributed by atoms with van der Waals surface area (Å²) >= 11 is 0. The molecule has 0 fully saturated rings. The molecule has 23 heavy (non-hydrogen) atoms. The maximum Gasteiger partial charge on any atom is 0.408 e. The number of nitrogens with one attached hydrogen (secondary N) is 1. The van der Waals surface area contributed by atoms with Crippen molar-refractivity contribution in [3.8, 4) is 0 Å². The number of furan rings is 1. The highest BCUT2D eigenvalue weighted by Gasteiger charge is 2.17. The van der Waals surface area contributed by atoms with E-state index in [1.54, 1.807) is 26.8 Å². The molecular weight excluding hydrogens is 298 g/mol. The van der Waals surface area contributed by atoms with Gasteiger partial charge in [-0.15, -0.1) is 0 Å². The van der Waals surface area contributed by atoms with E-state index in [1.807, 2.05) is 19.1 Å². The van der Waals surface area contributed by atoms with Crippen LogP contribution in [-0.2, 0) is 16.0 Å². The quantitative estimate of drug-likeness (QED) is 0.875. The number of rotatable bonds is 3. The van der Waals surface area contributed by atoms with Crippen molar-refractivity contribution in [2.75, 3.05) is 7.11 Å². The summed E-state index contributed by atoms with van der Waals surface area (Å²) in [4.78, 5) is 23.3. The molecule has 0 saturated heterocycles. The van der Waals surface area contributed by atoms with E-state index in [0.717, 1.165) is 10.9 Å². The van der Waals surface area contributed by atoms with Crippen LogP contribution in [0, 0.1) is 6.92 Å². The van der Waals surface area contributed by atoms with Crippen molar-refractivity contribution < 1.29 is 23.5 Å². The zero-order valence-electron chi connectivity index (χ0n) is 14.0. The highest BCUT2D eigenvalue weighted by Crippen LogP contribution is 2.24. The molecule has 0 radical (unpaired) electrons. The van der Waals surface area contributed by atoms with Crippen molar-refractivity contribution >= 4 is 23.0 Å². The first kappa shape index (κ1) is 16.9. The van der Waals surface area contributed by atoms with Crippen LogP contribution in [0.1, 0.15) is 42.5 Å². The Morgan fingerprint density at radius 3 is 2.52 bits per heavy atom. The van der Waals surface area contributed by atoms with Crippen LogP contribution in [0.5, 0.6) is 0 Å². The third kappa shape index (κ3) is 4.25. The summed E-state index contributed by atoms with van der Waals surface area (Å²) in [6, 6.07) is 5.32. The van der Waals surface area contributed by atoms with E-state index < -0.39 is 17.7 Å². The Bertz CT molecular complexity index is 739. The minimum Gasteiger partial charge on any atom is -0.465 e. The zero-order chi connectivity index (χ0) is 17.2. The predicted molar refractivity (Wildman–Crippen MR) is 85.4 cm³/mol. The number of fused-ring (bicyclic) bond motifs is 1. The Kier molecular flexibility index (Phi) is 4.63. The fraction of sp³-hybridized carbons (Fsp3) is 0.412. The first-order chi connectivity index (χ1) is 10.7. The number of hydrogen-bond donors (Lipinski definition) is 1. The Labute approximate surface area is 134 Å². The Hall–Kier alpha value is -2.50. The van der Waals surface area contributed by atoms with Gasteiger partial charge in [-0.25, -0.2) is 9.59 Å². The van der Waals surface area contributed by atoms with E-state index >= 15 is 0 Å². The first-order valence-electron chi connectivity index (χ1n) is 7.28. The topological polar surface area (TPSA) is 77.8 Å². The van der Waals surface area contributed by atoms with Gasteiger partial charge in [0.2, 0.25) is 0 Å². The molecule has 0 unspecified atom stereocenters. The highest BCUT2D eigenvalue weighted by atomic mass is 16.6. The molecule has 2 rings (SSSR count). The Balaban J connectivity index is 2.14. The van der Waals surface area contributed by atoms with Crippen LogP contribution in [0.2, 0.25) is 0 Å². The minimum atomic E-state index is -0.551. The first-order valence-corrected chi connectivity index (χ1v) is 7.28. The van der Waals surface area contributed by atoms with Crippen LogP contribution in [0.15, 0.2) is 22.6 Å². The number of methoxy groups -OCH3 is 1. The largest absolute Gasteiger partial charge is 0.465 e. The van der Waals surface area contributed by atoms with Gasteiger partial charge in [-0.2, -0.15) is 0 Å². The van der Waals surface area contributed by atoms with E-state index in [1.165, 1.54) is 7.11 Å². The molecule has 0 atom stereocenters. The average Bonchev–Trinajstić information content (AvgIpc) is 2.83. The minimum absolute atomic E-state index is 0.205. The standard InChI is InChI=1S/C17H21NO5/c1-10-6-11-7-12(9-18-16(20)23-17(2,3)4)22-14(11)8-13(10)15(19)21-5/h6-8H,9H2,1-5H3,(H,18,20). The zero-order valence-corrected chi connectivity index (χ0v) is 14.0. The van der Waals surface area contributed by atoms with Crippen molar-refractivity contribution in [3.05, 3.63) is 35.1 Å². The molecule has 124 valence electrons. The molecule has 6 heteroatoms. The van der Waals surface area contributed by atoms with Gasteiger partial charge in [0, 0.05) is 5.39 Å². The van der Waals surface area contributed by atoms with Gasteiger partial charge in [0.15, 0.2) is 0 Å². The normalized spacial score (nSPS) is 11.3. The molecule has 0 aliphatic carbocycles. The van der Waals surface area contributed by atoms with E-state index in [2.05, 4.69) is 5.32 Å². The molecule has 6 nitrogen and oxygen atoms in total. The number of amides is 1. The van der Waals surface area contributed by atoms with Gasteiger partial charge in [-0.05, 0) is 51.5 Å². The maximum atomic E-state index is 11.7. The van der Waals surface area contributed by atoms with Gasteiger partial charge in [0.1, 0.15) is 16.9 Å². The van der Waals surface area contributed by atoms with Crippen molar-refractivity contribution in [2.45, 2.75) is 39.8 Å². The van der Waals surface area contributed by atoms with Crippen molar-refractivity contribution in [1.82, 2.24) is 5.32 Å². The van der Waals surface area contributed by atoms with Crippen molar-refractivity contribution in [2.24, 2.45) is 0 Å². The van der Waals surface area contributed by atoms with Crippen LogP contribution in [-0.4, -0.2) is 24.8 Å². The van der Waals surface area contributed by atoms with Gasteiger partial charge >= 0.3 is 12.1 Å². The second-order valence-corrected chi connectivity index (χ2v) is 6.26. The van der Waals surface area contributed by atoms with Crippen LogP contribution < -0.4 is 5.32 Å². The van der Waals surface area contributed by atoms with Gasteiger partial charge in [-0.3, -0.25) is 0 Å². The lowest BCUT2D eigenvalue weighted by Crippen LogP contribution is -2.32. The predicted octanol–water partition coefficient (Wildman–Crippen LogP) is 3.55. The average molecular weight is 319 g/mol. The van der Waals surface area contributed by atoms with E-state index in [4.69, 9.17) is 13.9 Å². The molecule has 0 spiro atoms. The monoisotopic (exact) mass is 319 g/mol. The van der Waals surface area contributed by atoms with E-state index in [0.29, 0.717) is 16.9 Å². The number of aryl methyl sites for hydroxylation is 1. The molecule has 1 N–H and O–H groups in total. The number of hydrogen-bond acceptors (Lipinski definition) is 5. The summed E-state index contributed by atoms with van der Waals surface area (Å²) < 4.78 is 15.6. The van der Waals surface area contributed by atoms with Crippen LogP contribution in [0.25, 0.3) is 11.0 Å². The molecule has 0 saturated carbocycles. The summed E-state index contributed by atoms with van der Waals surface area (Å²) in [7, 11) is 1.34. The smallest absolute Gasteiger partial charge is 0.408 e. The van der Waals surface area contributed by atoms with Crippen LogP contribution in [0.3, 0.4) is 0 Å². The summed E-state index contributed by atoms with van der Waals surface area (Å²) in [5, 5.41) is 3.49. The molecular formula is C17H21NO5. The summed E-state index contributed by atoms with van der Waals surface area (Å²) in [6.45, 7) is 7.42. The molecule has 0 bridgehead atoms. The molecule has 1 aromatic heterocycles. The van der Waals surface area contributed by atoms with Gasteiger partial charge < -0.3 is 19.2 Å². The number of alkyl carbamates (subject to hydrolysis) is 1. The number of carbonyl (C=O) groups excluding carboxylic acids is 2. The highest BCUT2D eigenvalue weighted by molar-refractivity contribution is 5.95. The summed E-state index contributed by atoms with van der Waals surface area (Å²) in [5.41, 5.74) is 1.28. The lowest BCUT2D eigenvalue weighted by molar-refractivity contribution is 0.0519. The lowest BCUT2D eigenvalue weighted by Gasteiger charge is -2.19. The molecule has 2 aromatic rings. The van der Waals surface area contributed by atoms with E-state index in [9.17, 15) is 9.59 Å². The molecule has 0 aliphatic heterocycles. The lowest BCUT2D eigenvalue weighted by atomic mass is 10.1. The third-order valence-corrected chi connectivity index (χ3v) is 3.13. The van der Waals surface area contributed by atoms with Gasteiger partial charge in [0.05, 0.1) is 19.2 Å². The second-order valence-electron chi connectivity index (χ2n) is 6.26. The SMILES string of the molecule is COC(=O)c1cc2oc(CNC(=O)OC(C)(C)C)cc2cc1C. The second kappa shape index (κ2) is 6.32. The van der Waals surface area contributed by atoms with Crippen LogP contribution >= 0.6 is 0 Å². The number of ether oxygens (including phenoxy) is 2. The summed E-state index contributed by atoms with van der Waals surface area (Å²) in [5.74, 6) is 0.168. The fourth-order valence-corrected chi connectivity index (χ4v) is 2.15. The molecule has 1 aromatic carbocycles. The fourth-order valence-electron chi connectivity index (χ4n) is 2.15. The van der Waals surface area contributed by atoms with Crippen LogP contribution in [0.4, 0.5) is 4.79 Å². The third-order valence-electron chi connectivity index (χ3n) is 3.13. The maximum absolute atomic E-state index is 11.7. The molecule has 1 heterocycles. The van der Waals surface area contributed by atoms with Crippen molar-refractivity contribution in [1.29, 1.82) is 0 Å². The molecule has 1 amide bonds. The molecule has 0 aliphatic rings. The van der Waals surface area contributed by atoms with Gasteiger partial charge in [0.25, 0.3) is 0 Å².